The third-order valence-corrected chi connectivity index (χ3v) is 2.31. The van der Waals surface area contributed by atoms with E-state index in [0.29, 0.717) is 12.5 Å². The van der Waals surface area contributed by atoms with E-state index in [9.17, 15) is 0 Å². The Morgan fingerprint density at radius 3 is 2.94 bits per heavy atom. The fourth-order valence-corrected chi connectivity index (χ4v) is 1.46. The van der Waals surface area contributed by atoms with Crippen LogP contribution in [0.25, 0.3) is 0 Å². The Morgan fingerprint density at radius 2 is 2.22 bits per heavy atom. The van der Waals surface area contributed by atoms with Gasteiger partial charge in [-0.1, -0.05) is 12.1 Å². The quantitative estimate of drug-likeness (QED) is 0.815. The van der Waals surface area contributed by atoms with E-state index in [4.69, 9.17) is 4.52 Å². The lowest BCUT2D eigenvalue weighted by Crippen LogP contribution is -2.07. The highest BCUT2D eigenvalue weighted by atomic mass is 16.5. The second-order valence-corrected chi connectivity index (χ2v) is 3.98. The summed E-state index contributed by atoms with van der Waals surface area (Å²) < 4.78 is 5.11. The molecular formula is C12H17N5O. The fraction of sp³-hybridized carbons (Fsp3) is 0.417. The van der Waals surface area contributed by atoms with E-state index < -0.39 is 0 Å². The summed E-state index contributed by atoms with van der Waals surface area (Å²) in [5.74, 6) is 2.18. The van der Waals surface area contributed by atoms with E-state index in [1.165, 1.54) is 0 Å². The maximum absolute atomic E-state index is 5.11. The lowest BCUT2D eigenvalue weighted by Gasteiger charge is -2.06. The average molecular weight is 247 g/mol. The summed E-state index contributed by atoms with van der Waals surface area (Å²) >= 11 is 0. The van der Waals surface area contributed by atoms with Gasteiger partial charge in [0.1, 0.15) is 5.82 Å². The summed E-state index contributed by atoms with van der Waals surface area (Å²) in [6.07, 6.45) is 2.76. The number of hydrogen-bond donors (Lipinski definition) is 2. The molecule has 0 fully saturated rings. The molecule has 0 spiro atoms. The summed E-state index contributed by atoms with van der Waals surface area (Å²) in [7, 11) is 0. The predicted octanol–water partition coefficient (Wildman–Crippen LogP) is 2.21. The Morgan fingerprint density at radius 1 is 1.33 bits per heavy atom. The molecule has 6 nitrogen and oxygen atoms in total. The third kappa shape index (κ3) is 3.44. The van der Waals surface area contributed by atoms with Gasteiger partial charge in [-0.2, -0.15) is 4.98 Å². The molecule has 0 saturated heterocycles. The molecule has 0 radical (unpaired) electrons. The van der Waals surface area contributed by atoms with Crippen LogP contribution in [0.2, 0.25) is 0 Å². The molecule has 0 atom stereocenters. The summed E-state index contributed by atoms with van der Waals surface area (Å²) in [6.45, 7) is 5.42. The van der Waals surface area contributed by atoms with Gasteiger partial charge < -0.3 is 15.2 Å². The summed E-state index contributed by atoms with van der Waals surface area (Å²) in [5.41, 5.74) is 0.875. The van der Waals surface area contributed by atoms with Gasteiger partial charge in [-0.25, -0.2) is 4.98 Å². The van der Waals surface area contributed by atoms with Crippen LogP contribution in [0.15, 0.2) is 22.9 Å². The molecule has 0 bridgehead atoms. The lowest BCUT2D eigenvalue weighted by molar-refractivity contribution is 0.384. The van der Waals surface area contributed by atoms with Crippen LogP contribution in [-0.4, -0.2) is 21.7 Å². The molecule has 0 aliphatic heterocycles. The second kappa shape index (κ2) is 6.00. The first-order valence-electron chi connectivity index (χ1n) is 6.01. The monoisotopic (exact) mass is 247 g/mol. The lowest BCUT2D eigenvalue weighted by atomic mass is 10.4. The SMILES string of the molecule is CCCNc1nccc(NCc2cc(C)no2)n1. The minimum atomic E-state index is 0.561. The minimum Gasteiger partial charge on any atom is -0.363 e. The third-order valence-electron chi connectivity index (χ3n) is 2.31. The molecule has 18 heavy (non-hydrogen) atoms. The standard InChI is InChI=1S/C12H17N5O/c1-3-5-13-12-14-6-4-11(16-12)15-8-10-7-9(2)17-18-10/h4,6-7H,3,5,8H2,1-2H3,(H2,13,14,15,16). The highest BCUT2D eigenvalue weighted by Gasteiger charge is 2.02. The average Bonchev–Trinajstić information content (AvgIpc) is 2.80. The van der Waals surface area contributed by atoms with Gasteiger partial charge in [-0.15, -0.1) is 0 Å². The normalized spacial score (nSPS) is 10.3. The molecular weight excluding hydrogens is 230 g/mol. The van der Waals surface area contributed by atoms with Crippen LogP contribution in [0.4, 0.5) is 11.8 Å². The molecule has 2 aromatic heterocycles. The Labute approximate surface area is 106 Å². The van der Waals surface area contributed by atoms with E-state index in [-0.39, 0.29) is 0 Å². The van der Waals surface area contributed by atoms with Gasteiger partial charge in [0, 0.05) is 18.8 Å². The fourth-order valence-electron chi connectivity index (χ4n) is 1.46. The topological polar surface area (TPSA) is 75.9 Å². The number of aromatic nitrogens is 3. The van der Waals surface area contributed by atoms with Crippen molar-refractivity contribution in [3.63, 3.8) is 0 Å². The van der Waals surface area contributed by atoms with E-state index in [2.05, 4.69) is 32.7 Å². The molecule has 2 N–H and O–H groups in total. The Kier molecular flexibility index (Phi) is 4.11. The first-order chi connectivity index (χ1) is 8.78. The first kappa shape index (κ1) is 12.3. The van der Waals surface area contributed by atoms with Crippen molar-refractivity contribution in [2.24, 2.45) is 0 Å². The summed E-state index contributed by atoms with van der Waals surface area (Å²) in [4.78, 5) is 8.47. The van der Waals surface area contributed by atoms with Crippen LogP contribution in [0.1, 0.15) is 24.8 Å². The van der Waals surface area contributed by atoms with Crippen LogP contribution in [0.3, 0.4) is 0 Å². The molecule has 0 unspecified atom stereocenters. The molecule has 96 valence electrons. The van der Waals surface area contributed by atoms with E-state index in [1.807, 2.05) is 19.1 Å². The molecule has 0 amide bonds. The maximum atomic E-state index is 5.11. The number of nitrogens with one attached hydrogen (secondary N) is 2. The number of aryl methyl sites for hydroxylation is 1. The predicted molar refractivity (Wildman–Crippen MR) is 69.4 cm³/mol. The molecule has 0 aliphatic carbocycles. The van der Waals surface area contributed by atoms with Crippen molar-refractivity contribution in [1.82, 2.24) is 15.1 Å². The zero-order chi connectivity index (χ0) is 12.8. The Balaban J connectivity index is 1.92. The minimum absolute atomic E-state index is 0.561. The molecule has 2 aromatic rings. The summed E-state index contributed by atoms with van der Waals surface area (Å²) in [6, 6.07) is 3.71. The number of rotatable bonds is 6. The second-order valence-electron chi connectivity index (χ2n) is 3.98. The van der Waals surface area contributed by atoms with E-state index in [1.54, 1.807) is 6.20 Å². The van der Waals surface area contributed by atoms with Crippen LogP contribution < -0.4 is 10.6 Å². The van der Waals surface area contributed by atoms with Crippen LogP contribution in [-0.2, 0) is 6.54 Å². The summed E-state index contributed by atoms with van der Waals surface area (Å²) in [5, 5.41) is 10.1. The van der Waals surface area contributed by atoms with Gasteiger partial charge in [0.05, 0.1) is 12.2 Å². The molecule has 0 saturated carbocycles. The van der Waals surface area contributed by atoms with Crippen LogP contribution in [0.5, 0.6) is 0 Å². The zero-order valence-electron chi connectivity index (χ0n) is 10.6. The molecule has 2 heterocycles. The van der Waals surface area contributed by atoms with Gasteiger partial charge in [0.2, 0.25) is 5.95 Å². The molecule has 0 aliphatic rings. The van der Waals surface area contributed by atoms with Crippen LogP contribution >= 0.6 is 0 Å². The molecule has 6 heteroatoms. The maximum Gasteiger partial charge on any atom is 0.224 e. The number of anilines is 2. The highest BCUT2D eigenvalue weighted by Crippen LogP contribution is 2.09. The van der Waals surface area contributed by atoms with Crippen molar-refractivity contribution in [2.45, 2.75) is 26.8 Å². The highest BCUT2D eigenvalue weighted by molar-refractivity contribution is 5.39. The van der Waals surface area contributed by atoms with Gasteiger partial charge in [-0.3, -0.25) is 0 Å². The van der Waals surface area contributed by atoms with Crippen molar-refractivity contribution in [2.75, 3.05) is 17.2 Å². The Hall–Kier alpha value is -2.11. The first-order valence-corrected chi connectivity index (χ1v) is 6.01. The van der Waals surface area contributed by atoms with E-state index >= 15 is 0 Å². The van der Waals surface area contributed by atoms with Gasteiger partial charge >= 0.3 is 0 Å². The Bertz CT molecular complexity index is 497. The molecule has 2 rings (SSSR count). The number of nitrogens with zero attached hydrogens (tertiary/aromatic N) is 3. The van der Waals surface area contributed by atoms with Crippen molar-refractivity contribution in [3.05, 3.63) is 29.8 Å². The largest absolute Gasteiger partial charge is 0.363 e. The smallest absolute Gasteiger partial charge is 0.224 e. The van der Waals surface area contributed by atoms with E-state index in [0.717, 1.165) is 30.2 Å². The van der Waals surface area contributed by atoms with Crippen molar-refractivity contribution in [1.29, 1.82) is 0 Å². The van der Waals surface area contributed by atoms with Gasteiger partial charge in [-0.05, 0) is 19.4 Å². The van der Waals surface area contributed by atoms with Crippen LogP contribution in [0, 0.1) is 6.92 Å². The van der Waals surface area contributed by atoms with Gasteiger partial charge in [0.25, 0.3) is 0 Å². The number of hydrogen-bond acceptors (Lipinski definition) is 6. The molecule has 0 aromatic carbocycles. The van der Waals surface area contributed by atoms with Crippen molar-refractivity contribution < 1.29 is 4.52 Å². The van der Waals surface area contributed by atoms with Gasteiger partial charge in [0.15, 0.2) is 5.76 Å². The van der Waals surface area contributed by atoms with Crippen molar-refractivity contribution in [3.8, 4) is 0 Å². The zero-order valence-corrected chi connectivity index (χ0v) is 10.6. The van der Waals surface area contributed by atoms with Crippen molar-refractivity contribution >= 4 is 11.8 Å².